The van der Waals surface area contributed by atoms with Crippen LogP contribution in [0.1, 0.15) is 33.6 Å². The first-order valence-electron chi connectivity index (χ1n) is 8.32. The summed E-state index contributed by atoms with van der Waals surface area (Å²) in [6, 6.07) is 0.522. The molecule has 1 aliphatic rings. The van der Waals surface area contributed by atoms with E-state index in [-0.39, 0.29) is 28.7 Å². The third kappa shape index (κ3) is 9.99. The zero-order valence-electron chi connectivity index (χ0n) is 15.4. The summed E-state index contributed by atoms with van der Waals surface area (Å²) in [5.74, 6) is 0.958. The van der Waals surface area contributed by atoms with Gasteiger partial charge in [0.25, 0.3) is 0 Å². The van der Waals surface area contributed by atoms with Crippen molar-refractivity contribution < 1.29 is 4.74 Å². The lowest BCUT2D eigenvalue weighted by Crippen LogP contribution is -2.49. The fraction of sp³-hybridized carbons (Fsp3) is 0.938. The highest BCUT2D eigenvalue weighted by Gasteiger charge is 2.20. The molecule has 0 bridgehead atoms. The van der Waals surface area contributed by atoms with Crippen LogP contribution in [-0.2, 0) is 4.74 Å². The predicted molar refractivity (Wildman–Crippen MR) is 113 cm³/mol. The topological polar surface area (TPSA) is 48.9 Å². The summed E-state index contributed by atoms with van der Waals surface area (Å²) in [7, 11) is 1.77. The summed E-state index contributed by atoms with van der Waals surface area (Å²) in [4.78, 5) is 7.23. The minimum atomic E-state index is 0. The molecule has 7 heteroatoms. The van der Waals surface area contributed by atoms with Gasteiger partial charge >= 0.3 is 0 Å². The molecule has 0 atom stereocenters. The van der Waals surface area contributed by atoms with Gasteiger partial charge < -0.3 is 20.3 Å². The van der Waals surface area contributed by atoms with E-state index in [1.807, 2.05) is 11.8 Å². The molecule has 0 radical (unpaired) electrons. The SMILES string of the molecule is CCNC(=NCC(C)(C)SC)NC1CCN(CCOC)CC1.I. The monoisotopic (exact) mass is 458 g/mol. The number of likely N-dealkylation sites (tertiary alicyclic amines) is 1. The number of nitrogens with zero attached hydrogens (tertiary/aromatic N) is 2. The normalized spacial score (nSPS) is 17.7. The molecule has 1 saturated heterocycles. The molecular weight excluding hydrogens is 423 g/mol. The summed E-state index contributed by atoms with van der Waals surface area (Å²) in [5.41, 5.74) is 0. The third-order valence-corrected chi connectivity index (χ3v) is 5.29. The summed E-state index contributed by atoms with van der Waals surface area (Å²) in [6.45, 7) is 12.5. The van der Waals surface area contributed by atoms with Crippen LogP contribution < -0.4 is 10.6 Å². The smallest absolute Gasteiger partial charge is 0.191 e. The maximum absolute atomic E-state index is 5.15. The Balaban J connectivity index is 0.00000484. The van der Waals surface area contributed by atoms with Crippen molar-refractivity contribution in [2.45, 2.75) is 44.4 Å². The van der Waals surface area contributed by atoms with E-state index in [0.717, 1.165) is 45.3 Å². The van der Waals surface area contributed by atoms with Crippen molar-refractivity contribution in [1.82, 2.24) is 15.5 Å². The van der Waals surface area contributed by atoms with Crippen LogP contribution in [0.2, 0.25) is 0 Å². The Morgan fingerprint density at radius 1 is 1.35 bits per heavy atom. The Bertz CT molecular complexity index is 334. The van der Waals surface area contributed by atoms with Crippen LogP contribution in [0, 0.1) is 0 Å². The molecule has 0 aliphatic carbocycles. The first-order valence-corrected chi connectivity index (χ1v) is 9.54. The number of aliphatic imine (C=N–C) groups is 1. The Morgan fingerprint density at radius 2 is 2.00 bits per heavy atom. The van der Waals surface area contributed by atoms with Gasteiger partial charge in [0.1, 0.15) is 0 Å². The van der Waals surface area contributed by atoms with E-state index in [9.17, 15) is 0 Å². The van der Waals surface area contributed by atoms with Crippen molar-refractivity contribution in [3.8, 4) is 0 Å². The second-order valence-corrected chi connectivity index (χ2v) is 7.93. The van der Waals surface area contributed by atoms with E-state index in [4.69, 9.17) is 9.73 Å². The molecule has 0 aromatic rings. The number of hydrogen-bond acceptors (Lipinski definition) is 4. The van der Waals surface area contributed by atoms with Crippen LogP contribution in [0.3, 0.4) is 0 Å². The fourth-order valence-corrected chi connectivity index (χ4v) is 2.56. The molecule has 138 valence electrons. The molecular formula is C16H35IN4OS. The minimum Gasteiger partial charge on any atom is -0.383 e. The van der Waals surface area contributed by atoms with Gasteiger partial charge in [0, 0.05) is 44.1 Å². The highest BCUT2D eigenvalue weighted by molar-refractivity contribution is 14.0. The minimum absolute atomic E-state index is 0. The highest BCUT2D eigenvalue weighted by Crippen LogP contribution is 2.21. The standard InChI is InChI=1S/C16H34N4OS.HI/c1-6-17-15(18-13-16(2,3)22-5)19-14-7-9-20(10-8-14)11-12-21-4;/h14H,6-13H2,1-5H3,(H2,17,18,19);1H. The largest absolute Gasteiger partial charge is 0.383 e. The van der Waals surface area contributed by atoms with Crippen LogP contribution in [0.5, 0.6) is 0 Å². The third-order valence-electron chi connectivity index (χ3n) is 4.05. The number of rotatable bonds is 8. The number of guanidine groups is 1. The van der Waals surface area contributed by atoms with Crippen molar-refractivity contribution in [3.63, 3.8) is 0 Å². The Morgan fingerprint density at radius 3 is 2.52 bits per heavy atom. The Kier molecular flexibility index (Phi) is 12.8. The first kappa shape index (κ1) is 23.3. The van der Waals surface area contributed by atoms with E-state index in [1.54, 1.807) is 7.11 Å². The molecule has 0 amide bonds. The Labute approximate surface area is 163 Å². The van der Waals surface area contributed by atoms with E-state index in [2.05, 4.69) is 42.6 Å². The molecule has 0 saturated carbocycles. The molecule has 1 aliphatic heterocycles. The van der Waals surface area contributed by atoms with E-state index in [1.165, 1.54) is 12.8 Å². The van der Waals surface area contributed by atoms with E-state index in [0.29, 0.717) is 6.04 Å². The van der Waals surface area contributed by atoms with Gasteiger partial charge in [-0.05, 0) is 39.9 Å². The van der Waals surface area contributed by atoms with Gasteiger partial charge in [-0.25, -0.2) is 0 Å². The average Bonchev–Trinajstić information content (AvgIpc) is 2.52. The molecule has 0 aromatic carbocycles. The summed E-state index contributed by atoms with van der Waals surface area (Å²) in [6.07, 6.45) is 4.48. The second-order valence-electron chi connectivity index (χ2n) is 6.41. The number of nitrogens with one attached hydrogen (secondary N) is 2. The van der Waals surface area contributed by atoms with E-state index >= 15 is 0 Å². The quantitative estimate of drug-likeness (QED) is 0.333. The molecule has 23 heavy (non-hydrogen) atoms. The molecule has 1 rings (SSSR count). The number of thioether (sulfide) groups is 1. The number of piperidine rings is 1. The van der Waals surface area contributed by atoms with Crippen LogP contribution >= 0.6 is 35.7 Å². The van der Waals surface area contributed by atoms with Crippen molar-refractivity contribution in [2.75, 3.05) is 52.7 Å². The van der Waals surface area contributed by atoms with Gasteiger partial charge in [0.2, 0.25) is 0 Å². The van der Waals surface area contributed by atoms with Crippen molar-refractivity contribution in [1.29, 1.82) is 0 Å². The highest BCUT2D eigenvalue weighted by atomic mass is 127. The second kappa shape index (κ2) is 12.6. The number of ether oxygens (including phenoxy) is 1. The van der Waals surface area contributed by atoms with Gasteiger partial charge in [-0.2, -0.15) is 11.8 Å². The zero-order chi connectivity index (χ0) is 16.4. The fourth-order valence-electron chi connectivity index (χ4n) is 2.37. The molecule has 2 N–H and O–H groups in total. The lowest BCUT2D eigenvalue weighted by atomic mass is 10.1. The summed E-state index contributed by atoms with van der Waals surface area (Å²) in [5, 5.41) is 6.97. The van der Waals surface area contributed by atoms with Crippen molar-refractivity contribution >= 4 is 41.7 Å². The van der Waals surface area contributed by atoms with Gasteiger partial charge in [-0.1, -0.05) is 0 Å². The summed E-state index contributed by atoms with van der Waals surface area (Å²) >= 11 is 1.86. The molecule has 0 unspecified atom stereocenters. The molecule has 1 heterocycles. The predicted octanol–water partition coefficient (Wildman–Crippen LogP) is 2.41. The molecule has 5 nitrogen and oxygen atoms in total. The van der Waals surface area contributed by atoms with E-state index < -0.39 is 0 Å². The lowest BCUT2D eigenvalue weighted by molar-refractivity contribution is 0.128. The molecule has 0 aromatic heterocycles. The van der Waals surface area contributed by atoms with Crippen LogP contribution in [0.25, 0.3) is 0 Å². The van der Waals surface area contributed by atoms with Gasteiger partial charge in [0.15, 0.2) is 5.96 Å². The molecule has 0 spiro atoms. The number of halogens is 1. The Hall–Kier alpha value is 0.270. The van der Waals surface area contributed by atoms with Gasteiger partial charge in [0.05, 0.1) is 13.2 Å². The number of methoxy groups -OCH3 is 1. The average molecular weight is 458 g/mol. The first-order chi connectivity index (χ1) is 10.5. The maximum Gasteiger partial charge on any atom is 0.191 e. The molecule has 1 fully saturated rings. The van der Waals surface area contributed by atoms with Crippen molar-refractivity contribution in [3.05, 3.63) is 0 Å². The maximum atomic E-state index is 5.15. The van der Waals surface area contributed by atoms with Gasteiger partial charge in [-0.15, -0.1) is 24.0 Å². The van der Waals surface area contributed by atoms with Gasteiger partial charge in [-0.3, -0.25) is 4.99 Å². The van der Waals surface area contributed by atoms with Crippen molar-refractivity contribution in [2.24, 2.45) is 4.99 Å². The summed E-state index contributed by atoms with van der Waals surface area (Å²) < 4.78 is 5.34. The zero-order valence-corrected chi connectivity index (χ0v) is 18.5. The van der Waals surface area contributed by atoms with Crippen LogP contribution in [0.4, 0.5) is 0 Å². The van der Waals surface area contributed by atoms with Crippen LogP contribution in [-0.4, -0.2) is 74.3 Å². The van der Waals surface area contributed by atoms with Crippen LogP contribution in [0.15, 0.2) is 4.99 Å². The lowest BCUT2D eigenvalue weighted by Gasteiger charge is -2.33. The number of hydrogen-bond donors (Lipinski definition) is 2.